The normalized spacial score (nSPS) is 29.5. The summed E-state index contributed by atoms with van der Waals surface area (Å²) in [5, 5.41) is -0.361. The molecule has 2 atom stereocenters. The van der Waals surface area contributed by atoms with Gasteiger partial charge in [-0.15, -0.1) is 0 Å². The number of fused-ring (bicyclic) bond motifs is 2. The predicted molar refractivity (Wildman–Crippen MR) is 61.3 cm³/mol. The highest BCUT2D eigenvalue weighted by atomic mass is 32.2. The van der Waals surface area contributed by atoms with Crippen molar-refractivity contribution in [1.82, 2.24) is 9.88 Å². The zero-order valence-electron chi connectivity index (χ0n) is 9.11. The average Bonchev–Trinajstić information content (AvgIpc) is 2.84. The van der Waals surface area contributed by atoms with Crippen molar-refractivity contribution in [2.75, 3.05) is 12.3 Å². The Bertz CT molecular complexity index is 555. The summed E-state index contributed by atoms with van der Waals surface area (Å²) in [4.78, 5) is 17.8. The number of hydrogen-bond acceptors (Lipinski definition) is 4. The minimum Gasteiger partial charge on any atom is -0.332 e. The summed E-state index contributed by atoms with van der Waals surface area (Å²) in [5.74, 6) is -0.0519. The molecule has 2 saturated heterocycles. The first kappa shape index (κ1) is 10.7. The van der Waals surface area contributed by atoms with Crippen molar-refractivity contribution < 1.29 is 13.2 Å². The highest BCUT2D eigenvalue weighted by Gasteiger charge is 2.50. The molecule has 1 aromatic rings. The van der Waals surface area contributed by atoms with Crippen LogP contribution in [0.5, 0.6) is 0 Å². The summed E-state index contributed by atoms with van der Waals surface area (Å²) in [5.41, 5.74) is 0.387. The van der Waals surface area contributed by atoms with Gasteiger partial charge in [0.15, 0.2) is 9.84 Å². The van der Waals surface area contributed by atoms with E-state index in [1.165, 1.54) is 0 Å². The molecule has 2 unspecified atom stereocenters. The van der Waals surface area contributed by atoms with Gasteiger partial charge in [0.2, 0.25) is 0 Å². The third-order valence-corrected chi connectivity index (χ3v) is 5.66. The van der Waals surface area contributed by atoms with E-state index >= 15 is 0 Å². The zero-order valence-corrected chi connectivity index (χ0v) is 9.93. The van der Waals surface area contributed by atoms with Crippen molar-refractivity contribution in [2.45, 2.75) is 17.7 Å². The Balaban J connectivity index is 1.84. The van der Waals surface area contributed by atoms with E-state index in [4.69, 9.17) is 0 Å². The van der Waals surface area contributed by atoms with Gasteiger partial charge in [0.25, 0.3) is 5.91 Å². The van der Waals surface area contributed by atoms with Crippen LogP contribution >= 0.6 is 0 Å². The van der Waals surface area contributed by atoms with Gasteiger partial charge < -0.3 is 4.90 Å². The molecule has 0 radical (unpaired) electrons. The van der Waals surface area contributed by atoms with Crippen LogP contribution in [0.15, 0.2) is 24.4 Å². The maximum Gasteiger partial charge on any atom is 0.272 e. The third kappa shape index (κ3) is 1.63. The first-order valence-electron chi connectivity index (χ1n) is 5.51. The van der Waals surface area contributed by atoms with Gasteiger partial charge in [-0.1, -0.05) is 6.07 Å². The van der Waals surface area contributed by atoms with Gasteiger partial charge in [0.05, 0.1) is 11.0 Å². The lowest BCUT2D eigenvalue weighted by molar-refractivity contribution is 0.0740. The number of aromatic nitrogens is 1. The number of pyridine rings is 1. The first-order valence-corrected chi connectivity index (χ1v) is 7.23. The van der Waals surface area contributed by atoms with Crippen molar-refractivity contribution in [2.24, 2.45) is 0 Å². The summed E-state index contributed by atoms with van der Waals surface area (Å²) < 4.78 is 23.1. The highest BCUT2D eigenvalue weighted by Crippen LogP contribution is 2.33. The quantitative estimate of drug-likeness (QED) is 0.710. The number of carbonyl (C=O) groups excluding carboxylic acids is 1. The van der Waals surface area contributed by atoms with E-state index in [1.54, 1.807) is 29.3 Å². The van der Waals surface area contributed by atoms with Crippen LogP contribution in [0.2, 0.25) is 0 Å². The van der Waals surface area contributed by atoms with Crippen molar-refractivity contribution >= 4 is 15.7 Å². The Morgan fingerprint density at radius 3 is 2.76 bits per heavy atom. The third-order valence-electron chi connectivity index (χ3n) is 3.45. The highest BCUT2D eigenvalue weighted by molar-refractivity contribution is 7.92. The minimum atomic E-state index is -2.95. The molecule has 5 nitrogen and oxygen atoms in total. The second kappa shape index (κ2) is 3.53. The van der Waals surface area contributed by atoms with Gasteiger partial charge in [-0.3, -0.25) is 9.78 Å². The van der Waals surface area contributed by atoms with Crippen LogP contribution in [0.25, 0.3) is 0 Å². The van der Waals surface area contributed by atoms with Crippen molar-refractivity contribution in [3.8, 4) is 0 Å². The topological polar surface area (TPSA) is 67.3 Å². The minimum absolute atomic E-state index is 0.107. The molecule has 17 heavy (non-hydrogen) atoms. The molecule has 3 heterocycles. The van der Waals surface area contributed by atoms with Gasteiger partial charge in [-0.05, 0) is 18.6 Å². The molecule has 1 amide bonds. The van der Waals surface area contributed by atoms with Gasteiger partial charge in [0, 0.05) is 18.8 Å². The fourth-order valence-electron chi connectivity index (χ4n) is 2.58. The molecule has 1 aromatic heterocycles. The molecule has 0 aliphatic carbocycles. The summed E-state index contributed by atoms with van der Waals surface area (Å²) in [7, 11) is -2.95. The lowest BCUT2D eigenvalue weighted by atomic mass is 10.2. The molecule has 0 saturated carbocycles. The van der Waals surface area contributed by atoms with Crippen LogP contribution in [0.1, 0.15) is 16.9 Å². The molecule has 3 rings (SSSR count). The summed E-state index contributed by atoms with van der Waals surface area (Å²) in [6.07, 6.45) is 2.15. The maximum absolute atomic E-state index is 12.1. The first-order chi connectivity index (χ1) is 8.08. The van der Waals surface area contributed by atoms with Crippen molar-refractivity contribution in [3.63, 3.8) is 0 Å². The van der Waals surface area contributed by atoms with E-state index in [9.17, 15) is 13.2 Å². The van der Waals surface area contributed by atoms with E-state index in [2.05, 4.69) is 4.98 Å². The molecule has 2 aliphatic rings. The van der Waals surface area contributed by atoms with Gasteiger partial charge in [0.1, 0.15) is 5.69 Å². The molecule has 0 spiro atoms. The number of nitrogens with zero attached hydrogens (tertiary/aromatic N) is 2. The number of likely N-dealkylation sites (tertiary alicyclic amines) is 1. The Labute approximate surface area is 99.4 Å². The number of sulfone groups is 1. The lowest BCUT2D eigenvalue weighted by Crippen LogP contribution is -2.44. The molecule has 2 fully saturated rings. The van der Waals surface area contributed by atoms with Gasteiger partial charge >= 0.3 is 0 Å². The fraction of sp³-hybridized carbons (Fsp3) is 0.455. The van der Waals surface area contributed by atoms with E-state index in [-0.39, 0.29) is 23.0 Å². The van der Waals surface area contributed by atoms with Crippen LogP contribution in [0, 0.1) is 0 Å². The van der Waals surface area contributed by atoms with Crippen LogP contribution < -0.4 is 0 Å². The molecule has 0 N–H and O–H groups in total. The maximum atomic E-state index is 12.1. The number of carbonyl (C=O) groups is 1. The van der Waals surface area contributed by atoms with E-state index in [0.717, 1.165) is 0 Å². The monoisotopic (exact) mass is 252 g/mol. The molecule has 2 aliphatic heterocycles. The Morgan fingerprint density at radius 2 is 2.24 bits per heavy atom. The van der Waals surface area contributed by atoms with E-state index < -0.39 is 9.84 Å². The Morgan fingerprint density at radius 1 is 1.41 bits per heavy atom. The number of hydrogen-bond donors (Lipinski definition) is 0. The van der Waals surface area contributed by atoms with Crippen LogP contribution in [0.4, 0.5) is 0 Å². The van der Waals surface area contributed by atoms with E-state index in [1.807, 2.05) is 0 Å². The lowest BCUT2D eigenvalue weighted by Gasteiger charge is -2.26. The average molecular weight is 252 g/mol. The number of rotatable bonds is 1. The second-order valence-electron chi connectivity index (χ2n) is 4.51. The molecular formula is C11H12N2O3S. The van der Waals surface area contributed by atoms with Crippen LogP contribution in [-0.4, -0.2) is 47.8 Å². The van der Waals surface area contributed by atoms with Crippen LogP contribution in [-0.2, 0) is 9.84 Å². The molecule has 90 valence electrons. The Kier molecular flexibility index (Phi) is 2.22. The fourth-order valence-corrected chi connectivity index (χ4v) is 4.61. The summed E-state index contributed by atoms with van der Waals surface area (Å²) >= 11 is 0. The molecular weight excluding hydrogens is 240 g/mol. The second-order valence-corrected chi connectivity index (χ2v) is 6.84. The standard InChI is InChI=1S/C11H12N2O3S/c14-11(10-3-1-2-4-12-10)13-6-9-5-8(13)7-17(9,15)16/h1-4,8-9H,5-7H2. The molecule has 0 aromatic carbocycles. The SMILES string of the molecule is O=C(c1ccccn1)N1CC2CC1CS2(=O)=O. The predicted octanol–water partition coefficient (Wildman–Crippen LogP) is 0.0931. The largest absolute Gasteiger partial charge is 0.332 e. The molecule has 2 bridgehead atoms. The number of amides is 1. The van der Waals surface area contributed by atoms with E-state index in [0.29, 0.717) is 18.7 Å². The smallest absolute Gasteiger partial charge is 0.272 e. The Hall–Kier alpha value is -1.43. The van der Waals surface area contributed by atoms with Crippen molar-refractivity contribution in [1.29, 1.82) is 0 Å². The van der Waals surface area contributed by atoms with Gasteiger partial charge in [-0.25, -0.2) is 8.42 Å². The zero-order chi connectivity index (χ0) is 12.0. The summed E-state index contributed by atoms with van der Waals surface area (Å²) in [6, 6.07) is 5.01. The van der Waals surface area contributed by atoms with Crippen molar-refractivity contribution in [3.05, 3.63) is 30.1 Å². The molecule has 6 heteroatoms. The van der Waals surface area contributed by atoms with Crippen LogP contribution in [0.3, 0.4) is 0 Å². The summed E-state index contributed by atoms with van der Waals surface area (Å²) in [6.45, 7) is 0.322. The van der Waals surface area contributed by atoms with Gasteiger partial charge in [-0.2, -0.15) is 0 Å².